The number of aliphatic hydroxyl groups excluding tert-OH is 1. The first-order valence-corrected chi connectivity index (χ1v) is 5.80. The van der Waals surface area contributed by atoms with E-state index in [4.69, 9.17) is 4.74 Å². The lowest BCUT2D eigenvalue weighted by Crippen LogP contribution is -1.97. The molecule has 0 saturated carbocycles. The molecule has 2 rings (SSSR count). The second kappa shape index (κ2) is 5.65. The Labute approximate surface area is 106 Å². The summed E-state index contributed by atoms with van der Waals surface area (Å²) in [6.07, 6.45) is -0.514. The molecule has 3 heteroatoms. The van der Waals surface area contributed by atoms with Crippen LogP contribution in [-0.2, 0) is 6.61 Å². The predicted octanol–water partition coefficient (Wildman–Crippen LogP) is 3.46. The summed E-state index contributed by atoms with van der Waals surface area (Å²) in [4.78, 5) is 0. The zero-order valence-corrected chi connectivity index (χ0v) is 10.1. The van der Waals surface area contributed by atoms with E-state index >= 15 is 0 Å². The van der Waals surface area contributed by atoms with Crippen molar-refractivity contribution in [1.29, 1.82) is 0 Å². The van der Waals surface area contributed by atoms with Crippen molar-refractivity contribution in [2.24, 2.45) is 0 Å². The molecule has 0 heterocycles. The molecule has 0 saturated heterocycles. The quantitative estimate of drug-likeness (QED) is 0.895. The zero-order chi connectivity index (χ0) is 13.0. The molecule has 0 bridgehead atoms. The SMILES string of the molecule is C[C@@H](O)c1cccc(OCc2ccc(F)cc2)c1. The normalized spacial score (nSPS) is 12.2. The fraction of sp³-hybridized carbons (Fsp3) is 0.200. The van der Waals surface area contributed by atoms with Gasteiger partial charge in [0.2, 0.25) is 0 Å². The number of benzene rings is 2. The molecule has 2 aromatic carbocycles. The number of halogens is 1. The summed E-state index contributed by atoms with van der Waals surface area (Å²) in [5.41, 5.74) is 1.71. The molecule has 94 valence electrons. The summed E-state index contributed by atoms with van der Waals surface area (Å²) in [6.45, 7) is 2.09. The monoisotopic (exact) mass is 246 g/mol. The molecule has 18 heavy (non-hydrogen) atoms. The van der Waals surface area contributed by atoms with Gasteiger partial charge in [-0.1, -0.05) is 24.3 Å². The molecule has 0 amide bonds. The Kier molecular flexibility index (Phi) is 3.95. The zero-order valence-electron chi connectivity index (χ0n) is 10.1. The van der Waals surface area contributed by atoms with Crippen LogP contribution in [0.1, 0.15) is 24.2 Å². The van der Waals surface area contributed by atoms with Crippen molar-refractivity contribution in [1.82, 2.24) is 0 Å². The average Bonchev–Trinajstić information content (AvgIpc) is 2.38. The number of hydrogen-bond acceptors (Lipinski definition) is 2. The van der Waals surface area contributed by atoms with Gasteiger partial charge >= 0.3 is 0 Å². The number of aliphatic hydroxyl groups is 1. The average molecular weight is 246 g/mol. The maximum atomic E-state index is 12.7. The second-order valence-corrected chi connectivity index (χ2v) is 4.16. The minimum atomic E-state index is -0.514. The van der Waals surface area contributed by atoms with Crippen molar-refractivity contribution in [2.75, 3.05) is 0 Å². The van der Waals surface area contributed by atoms with E-state index in [0.29, 0.717) is 12.4 Å². The Hall–Kier alpha value is -1.87. The molecule has 1 N–H and O–H groups in total. The Balaban J connectivity index is 2.01. The highest BCUT2D eigenvalue weighted by Crippen LogP contribution is 2.19. The van der Waals surface area contributed by atoms with Crippen LogP contribution < -0.4 is 4.74 Å². The van der Waals surface area contributed by atoms with E-state index in [1.165, 1.54) is 12.1 Å². The first-order chi connectivity index (χ1) is 8.65. The van der Waals surface area contributed by atoms with Gasteiger partial charge in [-0.15, -0.1) is 0 Å². The van der Waals surface area contributed by atoms with Crippen molar-refractivity contribution in [3.8, 4) is 5.75 Å². The van der Waals surface area contributed by atoms with E-state index in [9.17, 15) is 9.50 Å². The van der Waals surface area contributed by atoms with Gasteiger partial charge in [-0.25, -0.2) is 4.39 Å². The first-order valence-electron chi connectivity index (χ1n) is 5.80. The molecule has 1 atom stereocenters. The van der Waals surface area contributed by atoms with E-state index in [-0.39, 0.29) is 5.82 Å². The summed E-state index contributed by atoms with van der Waals surface area (Å²) >= 11 is 0. The van der Waals surface area contributed by atoms with Crippen LogP contribution >= 0.6 is 0 Å². The summed E-state index contributed by atoms with van der Waals surface area (Å²) in [5.74, 6) is 0.438. The summed E-state index contributed by atoms with van der Waals surface area (Å²) in [7, 11) is 0. The highest BCUT2D eigenvalue weighted by atomic mass is 19.1. The number of ether oxygens (including phenoxy) is 1. The predicted molar refractivity (Wildman–Crippen MR) is 67.8 cm³/mol. The third-order valence-corrected chi connectivity index (χ3v) is 2.66. The molecule has 0 spiro atoms. The van der Waals surface area contributed by atoms with Crippen LogP contribution in [0.3, 0.4) is 0 Å². The molecule has 0 aliphatic carbocycles. The van der Waals surface area contributed by atoms with Crippen LogP contribution in [0, 0.1) is 5.82 Å². The van der Waals surface area contributed by atoms with Gasteiger partial charge in [0.1, 0.15) is 18.2 Å². The Bertz CT molecular complexity index is 506. The number of rotatable bonds is 4. The van der Waals surface area contributed by atoms with E-state index < -0.39 is 6.10 Å². The maximum absolute atomic E-state index is 12.7. The van der Waals surface area contributed by atoms with Crippen LogP contribution in [0.25, 0.3) is 0 Å². The third-order valence-electron chi connectivity index (χ3n) is 2.66. The van der Waals surface area contributed by atoms with Crippen LogP contribution in [0.4, 0.5) is 4.39 Å². The number of hydrogen-bond donors (Lipinski definition) is 1. The molecule has 0 fully saturated rings. The van der Waals surface area contributed by atoms with E-state index in [0.717, 1.165) is 11.1 Å². The summed E-state index contributed by atoms with van der Waals surface area (Å²) in [6, 6.07) is 13.5. The van der Waals surface area contributed by atoms with Crippen molar-refractivity contribution in [3.05, 3.63) is 65.5 Å². The summed E-state index contributed by atoms with van der Waals surface area (Å²) < 4.78 is 18.3. The lowest BCUT2D eigenvalue weighted by atomic mass is 10.1. The fourth-order valence-electron chi connectivity index (χ4n) is 1.61. The Morgan fingerprint density at radius 3 is 2.56 bits per heavy atom. The lowest BCUT2D eigenvalue weighted by Gasteiger charge is -2.09. The smallest absolute Gasteiger partial charge is 0.123 e. The Morgan fingerprint density at radius 2 is 1.89 bits per heavy atom. The highest BCUT2D eigenvalue weighted by molar-refractivity contribution is 5.30. The molecular weight excluding hydrogens is 231 g/mol. The molecule has 0 unspecified atom stereocenters. The van der Waals surface area contributed by atoms with Gasteiger partial charge in [-0.05, 0) is 42.3 Å². The van der Waals surface area contributed by atoms with Crippen LogP contribution in [0.15, 0.2) is 48.5 Å². The fourth-order valence-corrected chi connectivity index (χ4v) is 1.61. The lowest BCUT2D eigenvalue weighted by molar-refractivity contribution is 0.198. The first kappa shape index (κ1) is 12.6. The minimum absolute atomic E-state index is 0.255. The topological polar surface area (TPSA) is 29.5 Å². The maximum Gasteiger partial charge on any atom is 0.123 e. The standard InChI is InChI=1S/C15H15FO2/c1-11(17)13-3-2-4-15(9-13)18-10-12-5-7-14(16)8-6-12/h2-9,11,17H,10H2,1H3/t11-/m1/s1. The summed E-state index contributed by atoms with van der Waals surface area (Å²) in [5, 5.41) is 9.47. The highest BCUT2D eigenvalue weighted by Gasteiger charge is 2.02. The van der Waals surface area contributed by atoms with Gasteiger partial charge < -0.3 is 9.84 Å². The van der Waals surface area contributed by atoms with Crippen LogP contribution in [-0.4, -0.2) is 5.11 Å². The van der Waals surface area contributed by atoms with Gasteiger partial charge in [-0.2, -0.15) is 0 Å². The largest absolute Gasteiger partial charge is 0.489 e. The third kappa shape index (κ3) is 3.31. The molecule has 0 aliphatic rings. The van der Waals surface area contributed by atoms with Crippen LogP contribution in [0.5, 0.6) is 5.75 Å². The van der Waals surface area contributed by atoms with Crippen molar-refractivity contribution < 1.29 is 14.2 Å². The molecule has 0 aromatic heterocycles. The van der Waals surface area contributed by atoms with Crippen LogP contribution in [0.2, 0.25) is 0 Å². The van der Waals surface area contributed by atoms with Gasteiger partial charge in [0.15, 0.2) is 0 Å². The Morgan fingerprint density at radius 1 is 1.17 bits per heavy atom. The van der Waals surface area contributed by atoms with Crippen molar-refractivity contribution in [3.63, 3.8) is 0 Å². The molecular formula is C15H15FO2. The molecule has 2 nitrogen and oxygen atoms in total. The van der Waals surface area contributed by atoms with E-state index in [2.05, 4.69) is 0 Å². The molecule has 0 radical (unpaired) electrons. The van der Waals surface area contributed by atoms with Crippen molar-refractivity contribution >= 4 is 0 Å². The van der Waals surface area contributed by atoms with Gasteiger partial charge in [0, 0.05) is 0 Å². The minimum Gasteiger partial charge on any atom is -0.489 e. The van der Waals surface area contributed by atoms with Gasteiger partial charge in [0.25, 0.3) is 0 Å². The van der Waals surface area contributed by atoms with Gasteiger partial charge in [0.05, 0.1) is 6.10 Å². The second-order valence-electron chi connectivity index (χ2n) is 4.16. The van der Waals surface area contributed by atoms with E-state index in [1.807, 2.05) is 18.2 Å². The molecule has 0 aliphatic heterocycles. The van der Waals surface area contributed by atoms with E-state index in [1.54, 1.807) is 25.1 Å². The molecule has 2 aromatic rings. The van der Waals surface area contributed by atoms with Crippen molar-refractivity contribution in [2.45, 2.75) is 19.6 Å². The van der Waals surface area contributed by atoms with Gasteiger partial charge in [-0.3, -0.25) is 0 Å².